The van der Waals surface area contributed by atoms with E-state index in [0.717, 1.165) is 6.42 Å². The Hall–Kier alpha value is -1.37. The van der Waals surface area contributed by atoms with Crippen molar-refractivity contribution in [3.63, 3.8) is 0 Å². The Balaban J connectivity index is 0.000000442. The predicted molar refractivity (Wildman–Crippen MR) is 69.4 cm³/mol. The van der Waals surface area contributed by atoms with E-state index in [4.69, 9.17) is 0 Å². The van der Waals surface area contributed by atoms with E-state index in [-0.39, 0.29) is 0 Å². The van der Waals surface area contributed by atoms with Gasteiger partial charge in [0.2, 0.25) is 0 Å². The lowest BCUT2D eigenvalue weighted by molar-refractivity contribution is 1.49. The largest absolute Gasteiger partial charge is 0.261 e. The molecule has 0 unspecified atom stereocenters. The third kappa shape index (κ3) is 4.59. The molecule has 82 valence electrons. The molecule has 2 rings (SSSR count). The fourth-order valence-corrected chi connectivity index (χ4v) is 1.18. The van der Waals surface area contributed by atoms with Gasteiger partial charge in [0.15, 0.2) is 0 Å². The number of hydrogen-bond acceptors (Lipinski definition) is 1. The van der Waals surface area contributed by atoms with E-state index in [1.807, 2.05) is 52.1 Å². The van der Waals surface area contributed by atoms with Crippen LogP contribution in [0.1, 0.15) is 39.7 Å². The monoisotopic (exact) mass is 203 g/mol. The van der Waals surface area contributed by atoms with Crippen molar-refractivity contribution in [3.8, 4) is 0 Å². The predicted octanol–water partition coefficient (Wildman–Crippen LogP) is 4.45. The normalized spacial score (nSPS) is 11.9. The first kappa shape index (κ1) is 13.6. The minimum absolute atomic E-state index is 0.976. The molecule has 1 aromatic carbocycles. The zero-order chi connectivity index (χ0) is 11.5. The molecular formula is C14H21N. The molecule has 0 aliphatic carbocycles. The Kier molecular flexibility index (Phi) is 8.36. The highest BCUT2D eigenvalue weighted by Gasteiger charge is 2.02. The Labute approximate surface area is 93.6 Å². The van der Waals surface area contributed by atoms with Crippen molar-refractivity contribution in [2.45, 2.75) is 34.1 Å². The molecule has 0 N–H and O–H groups in total. The minimum Gasteiger partial charge on any atom is -0.261 e. The van der Waals surface area contributed by atoms with Crippen LogP contribution in [0.4, 0.5) is 0 Å². The fourth-order valence-electron chi connectivity index (χ4n) is 1.18. The number of aliphatic imine (C=N–C) groups is 1. The number of hydrogen-bond donors (Lipinski definition) is 0. The van der Waals surface area contributed by atoms with Gasteiger partial charge in [0.05, 0.1) is 5.71 Å². The Morgan fingerprint density at radius 3 is 2.00 bits per heavy atom. The lowest BCUT2D eigenvalue weighted by Gasteiger charge is -1.97. The van der Waals surface area contributed by atoms with Crippen molar-refractivity contribution < 1.29 is 0 Å². The van der Waals surface area contributed by atoms with E-state index in [1.165, 1.54) is 11.3 Å². The second kappa shape index (κ2) is 9.20. The van der Waals surface area contributed by atoms with Crippen LogP contribution in [0.3, 0.4) is 0 Å². The number of nitrogens with zero attached hydrogens (tertiary/aromatic N) is 1. The van der Waals surface area contributed by atoms with Gasteiger partial charge < -0.3 is 0 Å². The van der Waals surface area contributed by atoms with Gasteiger partial charge in [0.1, 0.15) is 0 Å². The van der Waals surface area contributed by atoms with Crippen LogP contribution in [0.25, 0.3) is 0 Å². The Morgan fingerprint density at radius 1 is 0.933 bits per heavy atom. The van der Waals surface area contributed by atoms with Gasteiger partial charge in [-0.3, -0.25) is 4.99 Å². The average Bonchev–Trinajstić information content (AvgIpc) is 2.89. The summed E-state index contributed by atoms with van der Waals surface area (Å²) in [6.07, 6.45) is 4.91. The van der Waals surface area contributed by atoms with Gasteiger partial charge in [0, 0.05) is 12.6 Å². The van der Waals surface area contributed by atoms with E-state index >= 15 is 0 Å². The molecule has 0 saturated carbocycles. The standard InChI is InChI=1S/C10H9N.2C2H6/c1-2-5-9(6-3-1)10-7-4-8-11-10;2*1-2/h1-6,8H,7H2;2*1-2H3. The van der Waals surface area contributed by atoms with Crippen molar-refractivity contribution in [1.82, 2.24) is 0 Å². The average molecular weight is 203 g/mol. The van der Waals surface area contributed by atoms with Crippen LogP contribution in [-0.2, 0) is 0 Å². The van der Waals surface area contributed by atoms with Gasteiger partial charge in [-0.25, -0.2) is 0 Å². The number of allylic oxidation sites excluding steroid dienone is 1. The first-order valence-corrected chi connectivity index (χ1v) is 5.74. The Bertz CT molecular complexity index is 296. The molecule has 0 aromatic heterocycles. The maximum atomic E-state index is 4.24. The molecule has 0 radical (unpaired) electrons. The van der Waals surface area contributed by atoms with Crippen LogP contribution >= 0.6 is 0 Å². The van der Waals surface area contributed by atoms with Gasteiger partial charge in [-0.15, -0.1) is 0 Å². The summed E-state index contributed by atoms with van der Waals surface area (Å²) in [5.41, 5.74) is 2.41. The van der Waals surface area contributed by atoms with Crippen LogP contribution < -0.4 is 0 Å². The van der Waals surface area contributed by atoms with Gasteiger partial charge in [-0.2, -0.15) is 0 Å². The molecule has 0 atom stereocenters. The molecule has 1 aliphatic rings. The summed E-state index contributed by atoms with van der Waals surface area (Å²) in [4.78, 5) is 4.24. The molecular weight excluding hydrogens is 182 g/mol. The number of benzene rings is 1. The van der Waals surface area contributed by atoms with Crippen molar-refractivity contribution in [3.05, 3.63) is 48.2 Å². The van der Waals surface area contributed by atoms with Gasteiger partial charge in [-0.05, 0) is 5.56 Å². The summed E-state index contributed by atoms with van der Waals surface area (Å²) in [5, 5.41) is 0. The molecule has 1 aromatic rings. The first-order chi connectivity index (χ1) is 7.47. The van der Waals surface area contributed by atoms with Crippen LogP contribution in [0.15, 0.2) is 47.6 Å². The minimum atomic E-state index is 0.976. The lowest BCUT2D eigenvalue weighted by atomic mass is 10.1. The van der Waals surface area contributed by atoms with E-state index in [9.17, 15) is 0 Å². The van der Waals surface area contributed by atoms with E-state index < -0.39 is 0 Å². The second-order valence-corrected chi connectivity index (χ2v) is 2.53. The zero-order valence-electron chi connectivity index (χ0n) is 10.2. The summed E-state index contributed by atoms with van der Waals surface area (Å²) in [5.74, 6) is 0. The summed E-state index contributed by atoms with van der Waals surface area (Å²) >= 11 is 0. The second-order valence-electron chi connectivity index (χ2n) is 2.53. The van der Waals surface area contributed by atoms with Gasteiger partial charge in [-0.1, -0.05) is 64.1 Å². The maximum Gasteiger partial charge on any atom is 0.0513 e. The molecule has 0 saturated heterocycles. The third-order valence-corrected chi connectivity index (χ3v) is 1.75. The highest BCUT2D eigenvalue weighted by Crippen LogP contribution is 2.09. The Morgan fingerprint density at radius 2 is 1.53 bits per heavy atom. The SMILES string of the molecule is C1=CN=C(c2ccccc2)C1.CC.CC. The van der Waals surface area contributed by atoms with Crippen LogP contribution in [0.5, 0.6) is 0 Å². The molecule has 0 spiro atoms. The first-order valence-electron chi connectivity index (χ1n) is 5.74. The molecule has 1 nitrogen and oxygen atoms in total. The van der Waals surface area contributed by atoms with E-state index in [0.29, 0.717) is 0 Å². The van der Waals surface area contributed by atoms with Gasteiger partial charge in [0.25, 0.3) is 0 Å². The molecule has 15 heavy (non-hydrogen) atoms. The number of rotatable bonds is 1. The van der Waals surface area contributed by atoms with E-state index in [2.05, 4.69) is 23.2 Å². The summed E-state index contributed by atoms with van der Waals surface area (Å²) in [6, 6.07) is 10.3. The van der Waals surface area contributed by atoms with Crippen molar-refractivity contribution in [2.75, 3.05) is 0 Å². The van der Waals surface area contributed by atoms with Crippen LogP contribution in [0.2, 0.25) is 0 Å². The summed E-state index contributed by atoms with van der Waals surface area (Å²) < 4.78 is 0. The molecule has 0 amide bonds. The lowest BCUT2D eigenvalue weighted by Crippen LogP contribution is -1.94. The topological polar surface area (TPSA) is 12.4 Å². The molecule has 0 fully saturated rings. The maximum absolute atomic E-state index is 4.24. The van der Waals surface area contributed by atoms with Crippen LogP contribution in [-0.4, -0.2) is 5.71 Å². The molecule has 1 heterocycles. The zero-order valence-corrected chi connectivity index (χ0v) is 10.2. The van der Waals surface area contributed by atoms with Gasteiger partial charge >= 0.3 is 0 Å². The molecule has 1 aliphatic heterocycles. The van der Waals surface area contributed by atoms with Crippen molar-refractivity contribution >= 4 is 5.71 Å². The quantitative estimate of drug-likeness (QED) is 0.639. The van der Waals surface area contributed by atoms with Crippen molar-refractivity contribution in [2.24, 2.45) is 4.99 Å². The highest BCUT2D eigenvalue weighted by molar-refractivity contribution is 6.02. The fraction of sp³-hybridized carbons (Fsp3) is 0.357. The highest BCUT2D eigenvalue weighted by atomic mass is 14.7. The third-order valence-electron chi connectivity index (χ3n) is 1.75. The van der Waals surface area contributed by atoms with Crippen molar-refractivity contribution in [1.29, 1.82) is 0 Å². The summed E-state index contributed by atoms with van der Waals surface area (Å²) in [7, 11) is 0. The summed E-state index contributed by atoms with van der Waals surface area (Å²) in [6.45, 7) is 8.00. The van der Waals surface area contributed by atoms with E-state index in [1.54, 1.807) is 0 Å². The smallest absolute Gasteiger partial charge is 0.0513 e. The molecule has 1 heteroatoms. The molecule has 0 bridgehead atoms. The van der Waals surface area contributed by atoms with Crippen LogP contribution in [0, 0.1) is 0 Å².